The van der Waals surface area contributed by atoms with E-state index in [1.807, 2.05) is 48.5 Å². The van der Waals surface area contributed by atoms with Gasteiger partial charge in [-0.05, 0) is 42.9 Å². The number of rotatable bonds is 7. The van der Waals surface area contributed by atoms with Crippen LogP contribution in [0, 0.1) is 0 Å². The van der Waals surface area contributed by atoms with Crippen molar-refractivity contribution in [3.05, 3.63) is 84.3 Å². The van der Waals surface area contributed by atoms with E-state index in [1.165, 1.54) is 4.90 Å². The fourth-order valence-corrected chi connectivity index (χ4v) is 4.79. The number of fused-ring (bicyclic) bond motifs is 1. The van der Waals surface area contributed by atoms with Crippen molar-refractivity contribution in [3.63, 3.8) is 0 Å². The fourth-order valence-electron chi connectivity index (χ4n) is 4.79. The average molecular weight is 524 g/mol. The van der Waals surface area contributed by atoms with Gasteiger partial charge >= 0.3 is 0 Å². The highest BCUT2D eigenvalue weighted by Crippen LogP contribution is 2.25. The first-order chi connectivity index (χ1) is 18.9. The van der Waals surface area contributed by atoms with Gasteiger partial charge in [-0.15, -0.1) is 0 Å². The standard InChI is InChI=1S/C30H33N7O2/c1-35(2)30(39)27(18-21-7-9-22(10-8-21)25-6-4-5-13-31-25)34-29(38)23-11-12-24-26(19-23)32-20-33-28(24)37-16-14-36(3)15-17-37/h4-13,19-20,27H,14-18H2,1-3H3,(H,34,38)/t27-/m0/s1. The number of hydrogen-bond donors (Lipinski definition) is 1. The molecule has 1 aliphatic rings. The predicted molar refractivity (Wildman–Crippen MR) is 153 cm³/mol. The average Bonchev–Trinajstić information content (AvgIpc) is 2.97. The van der Waals surface area contributed by atoms with E-state index in [0.29, 0.717) is 17.5 Å². The Morgan fingerprint density at radius 2 is 1.72 bits per heavy atom. The Bertz CT molecular complexity index is 1450. The first-order valence-electron chi connectivity index (χ1n) is 13.1. The van der Waals surface area contributed by atoms with Crippen LogP contribution in [0.25, 0.3) is 22.2 Å². The topological polar surface area (TPSA) is 94.6 Å². The van der Waals surface area contributed by atoms with E-state index in [1.54, 1.807) is 38.8 Å². The van der Waals surface area contributed by atoms with Gasteiger partial charge < -0.3 is 20.0 Å². The van der Waals surface area contributed by atoms with Crippen LogP contribution in [0.15, 0.2) is 73.2 Å². The molecule has 0 spiro atoms. The summed E-state index contributed by atoms with van der Waals surface area (Å²) in [4.78, 5) is 45.8. The zero-order chi connectivity index (χ0) is 27.4. The minimum atomic E-state index is -0.713. The third-order valence-electron chi connectivity index (χ3n) is 7.08. The molecule has 1 N–H and O–H groups in total. The molecule has 0 bridgehead atoms. The lowest BCUT2D eigenvalue weighted by atomic mass is 10.0. The van der Waals surface area contributed by atoms with Crippen molar-refractivity contribution in [1.82, 2.24) is 30.1 Å². The van der Waals surface area contributed by atoms with Crippen LogP contribution in [0.2, 0.25) is 0 Å². The molecule has 1 fully saturated rings. The summed E-state index contributed by atoms with van der Waals surface area (Å²) < 4.78 is 0. The second kappa shape index (κ2) is 11.6. The summed E-state index contributed by atoms with van der Waals surface area (Å²) in [6.45, 7) is 3.72. The molecule has 2 aromatic carbocycles. The van der Waals surface area contributed by atoms with Crippen LogP contribution in [-0.4, -0.2) is 89.9 Å². The van der Waals surface area contributed by atoms with E-state index in [2.05, 4.69) is 37.1 Å². The third kappa shape index (κ3) is 6.04. The molecule has 3 heterocycles. The Morgan fingerprint density at radius 3 is 2.41 bits per heavy atom. The van der Waals surface area contributed by atoms with Gasteiger partial charge in [0.05, 0.1) is 11.2 Å². The summed E-state index contributed by atoms with van der Waals surface area (Å²) >= 11 is 0. The van der Waals surface area contributed by atoms with Gasteiger partial charge in [0.2, 0.25) is 5.91 Å². The lowest BCUT2D eigenvalue weighted by Gasteiger charge is -2.33. The zero-order valence-corrected chi connectivity index (χ0v) is 22.5. The molecule has 9 nitrogen and oxygen atoms in total. The van der Waals surface area contributed by atoms with E-state index in [4.69, 9.17) is 0 Å². The van der Waals surface area contributed by atoms with Gasteiger partial charge in [-0.2, -0.15) is 0 Å². The van der Waals surface area contributed by atoms with E-state index in [-0.39, 0.29) is 11.8 Å². The number of likely N-dealkylation sites (N-methyl/N-ethyl adjacent to an activating group) is 2. The number of piperazine rings is 1. The molecule has 2 aromatic heterocycles. The van der Waals surface area contributed by atoms with Crippen molar-refractivity contribution in [2.24, 2.45) is 0 Å². The van der Waals surface area contributed by atoms with E-state index < -0.39 is 6.04 Å². The second-order valence-corrected chi connectivity index (χ2v) is 10.1. The Labute approximate surface area is 228 Å². The maximum atomic E-state index is 13.3. The molecule has 4 aromatic rings. The Hall–Kier alpha value is -4.37. The van der Waals surface area contributed by atoms with Gasteiger partial charge in [0.15, 0.2) is 0 Å². The van der Waals surface area contributed by atoms with Gasteiger partial charge in [-0.25, -0.2) is 9.97 Å². The van der Waals surface area contributed by atoms with Gasteiger partial charge in [-0.1, -0.05) is 30.3 Å². The van der Waals surface area contributed by atoms with E-state index in [9.17, 15) is 9.59 Å². The molecule has 0 radical (unpaired) electrons. The van der Waals surface area contributed by atoms with E-state index >= 15 is 0 Å². The maximum Gasteiger partial charge on any atom is 0.252 e. The minimum absolute atomic E-state index is 0.169. The molecule has 9 heteroatoms. The molecule has 0 aliphatic carbocycles. The molecule has 1 atom stereocenters. The summed E-state index contributed by atoms with van der Waals surface area (Å²) in [6.07, 6.45) is 3.68. The molecular formula is C30H33N7O2. The number of hydrogen-bond acceptors (Lipinski definition) is 7. The molecule has 5 rings (SSSR count). The fraction of sp³-hybridized carbons (Fsp3) is 0.300. The summed E-state index contributed by atoms with van der Waals surface area (Å²) in [5, 5.41) is 3.86. The van der Waals surface area contributed by atoms with Crippen LogP contribution in [0.5, 0.6) is 0 Å². The summed E-state index contributed by atoms with van der Waals surface area (Å²) in [5.41, 5.74) is 3.97. The van der Waals surface area contributed by atoms with E-state index in [0.717, 1.165) is 54.2 Å². The SMILES string of the molecule is CN1CCN(c2ncnc3cc(C(=O)N[C@@H](Cc4ccc(-c5ccccn5)cc4)C(=O)N(C)C)ccc23)CC1. The Morgan fingerprint density at radius 1 is 0.949 bits per heavy atom. The largest absolute Gasteiger partial charge is 0.353 e. The second-order valence-electron chi connectivity index (χ2n) is 10.1. The van der Waals surface area contributed by atoms with Crippen molar-refractivity contribution in [2.45, 2.75) is 12.5 Å². The van der Waals surface area contributed by atoms with Crippen molar-refractivity contribution >= 4 is 28.5 Å². The number of anilines is 1. The number of carbonyl (C=O) groups is 2. The van der Waals surface area contributed by atoms with Crippen molar-refractivity contribution in [2.75, 3.05) is 52.2 Å². The van der Waals surface area contributed by atoms with Crippen molar-refractivity contribution < 1.29 is 9.59 Å². The Kier molecular flexibility index (Phi) is 7.79. The van der Waals surface area contributed by atoms with Crippen LogP contribution in [0.4, 0.5) is 5.82 Å². The third-order valence-corrected chi connectivity index (χ3v) is 7.08. The minimum Gasteiger partial charge on any atom is -0.353 e. The first kappa shape index (κ1) is 26.2. The van der Waals surface area contributed by atoms with Crippen LogP contribution < -0.4 is 10.2 Å². The lowest BCUT2D eigenvalue weighted by Crippen LogP contribution is -2.47. The van der Waals surface area contributed by atoms with Crippen LogP contribution >= 0.6 is 0 Å². The normalized spacial score (nSPS) is 14.7. The highest BCUT2D eigenvalue weighted by molar-refractivity contribution is 6.01. The van der Waals surface area contributed by atoms with Crippen molar-refractivity contribution in [1.29, 1.82) is 0 Å². The van der Waals surface area contributed by atoms with Crippen LogP contribution in [0.1, 0.15) is 15.9 Å². The molecule has 0 saturated carbocycles. The number of aromatic nitrogens is 3. The molecule has 0 unspecified atom stereocenters. The number of nitrogens with one attached hydrogen (secondary N) is 1. The molecule has 1 aliphatic heterocycles. The molecule has 39 heavy (non-hydrogen) atoms. The molecular weight excluding hydrogens is 490 g/mol. The number of carbonyl (C=O) groups excluding carboxylic acids is 2. The maximum absolute atomic E-state index is 13.3. The summed E-state index contributed by atoms with van der Waals surface area (Å²) in [5.74, 6) is 0.398. The number of benzene rings is 2. The van der Waals surface area contributed by atoms with Gasteiger partial charge in [0, 0.05) is 69.4 Å². The monoisotopic (exact) mass is 523 g/mol. The van der Waals surface area contributed by atoms with Gasteiger partial charge in [0.1, 0.15) is 18.2 Å². The zero-order valence-electron chi connectivity index (χ0n) is 22.5. The quantitative estimate of drug-likeness (QED) is 0.398. The lowest BCUT2D eigenvalue weighted by molar-refractivity contribution is -0.130. The molecule has 2 amide bonds. The number of pyridine rings is 1. The first-order valence-corrected chi connectivity index (χ1v) is 13.1. The van der Waals surface area contributed by atoms with Gasteiger partial charge in [0.25, 0.3) is 5.91 Å². The van der Waals surface area contributed by atoms with Gasteiger partial charge in [-0.3, -0.25) is 14.6 Å². The predicted octanol–water partition coefficient (Wildman–Crippen LogP) is 2.87. The summed E-state index contributed by atoms with van der Waals surface area (Å²) in [6, 6.07) is 18.4. The van der Waals surface area contributed by atoms with Crippen LogP contribution in [-0.2, 0) is 11.2 Å². The number of nitrogens with zero attached hydrogens (tertiary/aromatic N) is 6. The highest BCUT2D eigenvalue weighted by Gasteiger charge is 2.24. The number of amides is 2. The van der Waals surface area contributed by atoms with Crippen molar-refractivity contribution in [3.8, 4) is 11.3 Å². The summed E-state index contributed by atoms with van der Waals surface area (Å²) in [7, 11) is 5.50. The highest BCUT2D eigenvalue weighted by atomic mass is 16.2. The molecule has 1 saturated heterocycles. The molecule has 200 valence electrons. The Balaban J connectivity index is 1.33. The van der Waals surface area contributed by atoms with Crippen LogP contribution in [0.3, 0.4) is 0 Å². The smallest absolute Gasteiger partial charge is 0.252 e.